The minimum Gasteiger partial charge on any atom is -0.245 e. The van der Waals surface area contributed by atoms with Crippen molar-refractivity contribution in [3.8, 4) is 0 Å². The lowest BCUT2D eigenvalue weighted by atomic mass is 9.79. The highest BCUT2D eigenvalue weighted by molar-refractivity contribution is 7.11. The topological polar surface area (TPSA) is 12.9 Å². The van der Waals surface area contributed by atoms with E-state index >= 15 is 0 Å². The van der Waals surface area contributed by atoms with Gasteiger partial charge in [0.05, 0.1) is 10.7 Å². The molecule has 1 aliphatic rings. The number of rotatable bonds is 0. The second-order valence-corrected chi connectivity index (χ2v) is 7.56. The van der Waals surface area contributed by atoms with Crippen LogP contribution in [0.3, 0.4) is 0 Å². The van der Waals surface area contributed by atoms with Crippen LogP contribution in [0.5, 0.6) is 0 Å². The lowest BCUT2D eigenvalue weighted by molar-refractivity contribution is 0.316. The molecule has 0 saturated carbocycles. The normalized spacial score (nSPS) is 18.1. The van der Waals surface area contributed by atoms with Crippen molar-refractivity contribution in [2.75, 3.05) is 0 Å². The van der Waals surface area contributed by atoms with E-state index in [9.17, 15) is 0 Å². The summed E-state index contributed by atoms with van der Waals surface area (Å²) in [4.78, 5) is 6.34. The Morgan fingerprint density at radius 3 is 2.29 bits per heavy atom. The Labute approximate surface area is 111 Å². The van der Waals surface area contributed by atoms with Crippen molar-refractivity contribution in [3.05, 3.63) is 15.6 Å². The van der Waals surface area contributed by atoms with Crippen LogP contribution in [0.1, 0.15) is 70.5 Å². The fourth-order valence-corrected chi connectivity index (χ4v) is 3.44. The molecule has 0 amide bonds. The minimum atomic E-state index is 0.214. The van der Waals surface area contributed by atoms with Crippen LogP contribution >= 0.6 is 11.3 Å². The van der Waals surface area contributed by atoms with Crippen molar-refractivity contribution in [1.82, 2.24) is 4.98 Å². The Hall–Kier alpha value is -0.370. The number of thiazole rings is 1. The minimum absolute atomic E-state index is 0.214. The fraction of sp³-hybridized carbons (Fsp3) is 0.800. The molecule has 0 saturated heterocycles. The summed E-state index contributed by atoms with van der Waals surface area (Å²) in [5.41, 5.74) is 2.07. The molecule has 1 aromatic rings. The zero-order valence-corrected chi connectivity index (χ0v) is 13.3. The molecule has 1 nitrogen and oxygen atoms in total. The fourth-order valence-electron chi connectivity index (χ4n) is 2.02. The molecule has 2 rings (SSSR count). The third kappa shape index (κ3) is 3.54. The first-order valence-corrected chi connectivity index (χ1v) is 7.59. The third-order valence-corrected chi connectivity index (χ3v) is 4.62. The van der Waals surface area contributed by atoms with Crippen molar-refractivity contribution in [2.45, 2.75) is 73.1 Å². The van der Waals surface area contributed by atoms with E-state index in [1.807, 2.05) is 25.2 Å². The molecule has 0 N–H and O–H groups in total. The summed E-state index contributed by atoms with van der Waals surface area (Å²) in [7, 11) is 0. The molecule has 0 aliphatic heterocycles. The lowest BCUT2D eigenvalue weighted by Crippen LogP contribution is -2.21. The van der Waals surface area contributed by atoms with E-state index < -0.39 is 0 Å². The van der Waals surface area contributed by atoms with Gasteiger partial charge in [0.1, 0.15) is 0 Å². The van der Waals surface area contributed by atoms with Crippen LogP contribution in [0.15, 0.2) is 0 Å². The molecular formula is C15H27NS. The second-order valence-electron chi connectivity index (χ2n) is 6.48. The standard InChI is InChI=1S/C13H21NS.C2H6/c1-12(2,3)11-14-9-6-7-13(4,5)8-10(9)15-11;1-2/h6-8H2,1-5H3;1-2H3. The summed E-state index contributed by atoms with van der Waals surface area (Å²) in [6.07, 6.45) is 3.68. The maximum absolute atomic E-state index is 4.81. The first kappa shape index (κ1) is 14.7. The molecule has 0 fully saturated rings. The van der Waals surface area contributed by atoms with Gasteiger partial charge < -0.3 is 0 Å². The molecule has 0 radical (unpaired) electrons. The molecule has 0 bridgehead atoms. The predicted octanol–water partition coefficient (Wildman–Crippen LogP) is 4.98. The molecule has 0 spiro atoms. The van der Waals surface area contributed by atoms with Gasteiger partial charge in [-0.15, -0.1) is 11.3 Å². The first-order valence-electron chi connectivity index (χ1n) is 6.77. The van der Waals surface area contributed by atoms with Gasteiger partial charge in [-0.05, 0) is 24.7 Å². The number of hydrogen-bond acceptors (Lipinski definition) is 2. The van der Waals surface area contributed by atoms with E-state index in [4.69, 9.17) is 4.98 Å². The molecule has 1 heterocycles. The zero-order chi connectivity index (χ0) is 13.3. The summed E-state index contributed by atoms with van der Waals surface area (Å²) < 4.78 is 0. The quantitative estimate of drug-likeness (QED) is 0.635. The number of aromatic nitrogens is 1. The third-order valence-electron chi connectivity index (χ3n) is 3.10. The highest BCUT2D eigenvalue weighted by atomic mass is 32.1. The van der Waals surface area contributed by atoms with Crippen LogP contribution in [0.4, 0.5) is 0 Å². The molecule has 1 aromatic heterocycles. The van der Waals surface area contributed by atoms with Gasteiger partial charge in [0, 0.05) is 10.3 Å². The summed E-state index contributed by atoms with van der Waals surface area (Å²) >= 11 is 1.93. The maximum atomic E-state index is 4.81. The summed E-state index contributed by atoms with van der Waals surface area (Å²) in [6.45, 7) is 15.5. The van der Waals surface area contributed by atoms with Crippen LogP contribution in [0.2, 0.25) is 0 Å². The number of aryl methyl sites for hydroxylation is 1. The summed E-state index contributed by atoms with van der Waals surface area (Å²) in [6, 6.07) is 0. The molecule has 2 heteroatoms. The van der Waals surface area contributed by atoms with E-state index in [1.165, 1.54) is 34.8 Å². The summed E-state index contributed by atoms with van der Waals surface area (Å²) in [5, 5.41) is 1.31. The lowest BCUT2D eigenvalue weighted by Gasteiger charge is -2.28. The van der Waals surface area contributed by atoms with Crippen molar-refractivity contribution in [2.24, 2.45) is 5.41 Å². The average Bonchev–Trinajstić information content (AvgIpc) is 2.61. The molecule has 0 aromatic carbocycles. The molecule has 1 aliphatic carbocycles. The van der Waals surface area contributed by atoms with Crippen LogP contribution in [-0.2, 0) is 18.3 Å². The SMILES string of the molecule is CC.CC1(C)CCc2nc(C(C)(C)C)sc2C1. The smallest absolute Gasteiger partial charge is 0.0984 e. The van der Waals surface area contributed by atoms with E-state index in [1.54, 1.807) is 0 Å². The van der Waals surface area contributed by atoms with Crippen molar-refractivity contribution < 1.29 is 0 Å². The van der Waals surface area contributed by atoms with Gasteiger partial charge in [-0.3, -0.25) is 0 Å². The van der Waals surface area contributed by atoms with Crippen molar-refractivity contribution in [1.29, 1.82) is 0 Å². The Bertz CT molecular complexity index is 369. The first-order chi connectivity index (χ1) is 7.78. The maximum Gasteiger partial charge on any atom is 0.0984 e. The predicted molar refractivity (Wildman–Crippen MR) is 78.0 cm³/mol. The molecule has 0 unspecified atom stereocenters. The molecule has 0 atom stereocenters. The van der Waals surface area contributed by atoms with Crippen LogP contribution < -0.4 is 0 Å². The van der Waals surface area contributed by atoms with Gasteiger partial charge in [0.15, 0.2) is 0 Å². The van der Waals surface area contributed by atoms with Gasteiger partial charge in [0.2, 0.25) is 0 Å². The average molecular weight is 253 g/mol. The van der Waals surface area contributed by atoms with Gasteiger partial charge in [-0.25, -0.2) is 4.98 Å². The van der Waals surface area contributed by atoms with Crippen LogP contribution in [0.25, 0.3) is 0 Å². The van der Waals surface area contributed by atoms with Crippen LogP contribution in [0, 0.1) is 5.41 Å². The van der Waals surface area contributed by atoms with E-state index in [0.29, 0.717) is 5.41 Å². The molecular weight excluding hydrogens is 226 g/mol. The van der Waals surface area contributed by atoms with Gasteiger partial charge in [-0.2, -0.15) is 0 Å². The second kappa shape index (κ2) is 5.09. The molecule has 98 valence electrons. The van der Waals surface area contributed by atoms with Crippen molar-refractivity contribution in [3.63, 3.8) is 0 Å². The highest BCUT2D eigenvalue weighted by Crippen LogP contribution is 2.39. The number of fused-ring (bicyclic) bond motifs is 1. The number of hydrogen-bond donors (Lipinski definition) is 0. The van der Waals surface area contributed by atoms with E-state index in [-0.39, 0.29) is 5.41 Å². The summed E-state index contributed by atoms with van der Waals surface area (Å²) in [5.74, 6) is 0. The van der Waals surface area contributed by atoms with Crippen molar-refractivity contribution >= 4 is 11.3 Å². The monoisotopic (exact) mass is 253 g/mol. The largest absolute Gasteiger partial charge is 0.245 e. The number of nitrogens with zero attached hydrogens (tertiary/aromatic N) is 1. The zero-order valence-electron chi connectivity index (χ0n) is 12.5. The van der Waals surface area contributed by atoms with Gasteiger partial charge in [-0.1, -0.05) is 48.5 Å². The van der Waals surface area contributed by atoms with E-state index in [0.717, 1.165) is 0 Å². The Morgan fingerprint density at radius 1 is 1.18 bits per heavy atom. The Morgan fingerprint density at radius 2 is 1.76 bits per heavy atom. The van der Waals surface area contributed by atoms with Gasteiger partial charge >= 0.3 is 0 Å². The molecule has 17 heavy (non-hydrogen) atoms. The highest BCUT2D eigenvalue weighted by Gasteiger charge is 2.30. The van der Waals surface area contributed by atoms with E-state index in [2.05, 4.69) is 34.6 Å². The Kier molecular flexibility index (Phi) is 4.40. The van der Waals surface area contributed by atoms with Crippen LogP contribution in [-0.4, -0.2) is 4.98 Å². The van der Waals surface area contributed by atoms with Gasteiger partial charge in [0.25, 0.3) is 0 Å². The Balaban J connectivity index is 0.000000686.